The van der Waals surface area contributed by atoms with Gasteiger partial charge in [0.15, 0.2) is 0 Å². The van der Waals surface area contributed by atoms with Crippen molar-refractivity contribution in [2.24, 2.45) is 0 Å². The van der Waals surface area contributed by atoms with Crippen LogP contribution in [-0.4, -0.2) is 23.5 Å². The summed E-state index contributed by atoms with van der Waals surface area (Å²) < 4.78 is 0. The van der Waals surface area contributed by atoms with E-state index in [0.29, 0.717) is 5.69 Å². The van der Waals surface area contributed by atoms with Crippen LogP contribution in [0.5, 0.6) is 0 Å². The van der Waals surface area contributed by atoms with E-state index in [1.54, 1.807) is 30.3 Å². The normalized spacial score (nSPS) is 10.3. The number of nitrogens with one attached hydrogen (secondary N) is 2. The average Bonchev–Trinajstić information content (AvgIpc) is 2.75. The Balaban J connectivity index is 1.58. The van der Waals surface area contributed by atoms with Crippen molar-refractivity contribution in [2.75, 3.05) is 16.4 Å². The van der Waals surface area contributed by atoms with E-state index < -0.39 is 11.9 Å². The summed E-state index contributed by atoms with van der Waals surface area (Å²) in [5.41, 5.74) is 1.96. The number of rotatable bonds is 8. The van der Waals surface area contributed by atoms with E-state index >= 15 is 0 Å². The molecule has 0 saturated heterocycles. The molecule has 7 heteroatoms. The third-order valence-electron chi connectivity index (χ3n) is 4.15. The van der Waals surface area contributed by atoms with Crippen LogP contribution < -0.4 is 15.7 Å². The largest absolute Gasteiger partial charge is 0.545 e. The highest BCUT2D eigenvalue weighted by atomic mass is 32.2. The number of carbonyl (C=O) groups is 3. The first-order valence-electron chi connectivity index (χ1n) is 9.16. The number of para-hydroxylation sites is 1. The van der Waals surface area contributed by atoms with Crippen molar-refractivity contribution in [3.8, 4) is 0 Å². The zero-order chi connectivity index (χ0) is 21.3. The van der Waals surface area contributed by atoms with Crippen molar-refractivity contribution in [1.82, 2.24) is 0 Å². The summed E-state index contributed by atoms with van der Waals surface area (Å²) in [5.74, 6) is -1.02. The van der Waals surface area contributed by atoms with Crippen LogP contribution >= 0.6 is 11.8 Å². The molecule has 0 bridgehead atoms. The van der Waals surface area contributed by atoms with Gasteiger partial charge in [-0.2, -0.15) is 0 Å². The summed E-state index contributed by atoms with van der Waals surface area (Å²) in [5, 5.41) is 16.5. The van der Waals surface area contributed by atoms with E-state index in [4.69, 9.17) is 0 Å². The van der Waals surface area contributed by atoms with Gasteiger partial charge in [-0.25, -0.2) is 0 Å². The molecule has 3 aromatic rings. The van der Waals surface area contributed by atoms with Crippen LogP contribution in [0.4, 0.5) is 11.4 Å². The third-order valence-corrected chi connectivity index (χ3v) is 5.15. The molecule has 0 aliphatic rings. The lowest BCUT2D eigenvalue weighted by atomic mass is 10.1. The second-order valence-electron chi connectivity index (χ2n) is 6.39. The van der Waals surface area contributed by atoms with Crippen LogP contribution in [0.2, 0.25) is 0 Å². The first-order valence-corrected chi connectivity index (χ1v) is 10.3. The predicted molar refractivity (Wildman–Crippen MR) is 116 cm³/mol. The number of anilines is 2. The molecular weight excluding hydrogens is 400 g/mol. The molecule has 0 aromatic heterocycles. The highest BCUT2D eigenvalue weighted by Gasteiger charge is 2.11. The number of aromatic carboxylic acids is 1. The third kappa shape index (κ3) is 5.96. The zero-order valence-corrected chi connectivity index (χ0v) is 16.8. The molecule has 2 N–H and O–H groups in total. The van der Waals surface area contributed by atoms with Crippen LogP contribution in [0, 0.1) is 0 Å². The van der Waals surface area contributed by atoms with E-state index in [9.17, 15) is 19.5 Å². The van der Waals surface area contributed by atoms with E-state index in [-0.39, 0.29) is 28.5 Å². The van der Waals surface area contributed by atoms with Gasteiger partial charge in [-0.05, 0) is 29.8 Å². The molecule has 0 aliphatic heterocycles. The second-order valence-corrected chi connectivity index (χ2v) is 7.38. The van der Waals surface area contributed by atoms with Crippen LogP contribution in [0.3, 0.4) is 0 Å². The molecule has 0 atom stereocenters. The quantitative estimate of drug-likeness (QED) is 0.584. The number of thioether (sulfide) groups is 1. The van der Waals surface area contributed by atoms with E-state index in [0.717, 1.165) is 11.3 Å². The number of benzene rings is 3. The Kier molecular flexibility index (Phi) is 7.24. The summed E-state index contributed by atoms with van der Waals surface area (Å²) >= 11 is 1.50. The summed E-state index contributed by atoms with van der Waals surface area (Å²) in [6, 6.07) is 22.3. The van der Waals surface area contributed by atoms with Gasteiger partial charge in [0.1, 0.15) is 0 Å². The maximum atomic E-state index is 12.5. The van der Waals surface area contributed by atoms with Gasteiger partial charge < -0.3 is 20.5 Å². The van der Waals surface area contributed by atoms with Crippen molar-refractivity contribution >= 4 is 40.9 Å². The SMILES string of the molecule is O=C(CSCc1ccccc1)Nc1cccc(C(=O)Nc2ccccc2C(=O)[O-])c1. The fourth-order valence-corrected chi connectivity index (χ4v) is 3.52. The number of amides is 2. The lowest BCUT2D eigenvalue weighted by Crippen LogP contribution is -2.24. The monoisotopic (exact) mass is 419 g/mol. The molecule has 0 fully saturated rings. The Morgan fingerprint density at radius 3 is 2.33 bits per heavy atom. The topological polar surface area (TPSA) is 98.3 Å². The molecule has 0 aliphatic carbocycles. The van der Waals surface area contributed by atoms with Crippen molar-refractivity contribution in [1.29, 1.82) is 0 Å². The number of hydrogen-bond acceptors (Lipinski definition) is 5. The zero-order valence-electron chi connectivity index (χ0n) is 16.0. The van der Waals surface area contributed by atoms with Crippen molar-refractivity contribution < 1.29 is 19.5 Å². The lowest BCUT2D eigenvalue weighted by Gasteiger charge is -2.12. The second kappa shape index (κ2) is 10.3. The van der Waals surface area contributed by atoms with Gasteiger partial charge in [0.25, 0.3) is 5.91 Å². The van der Waals surface area contributed by atoms with Crippen LogP contribution in [-0.2, 0) is 10.5 Å². The Morgan fingerprint density at radius 2 is 1.57 bits per heavy atom. The highest BCUT2D eigenvalue weighted by Crippen LogP contribution is 2.18. The molecule has 0 heterocycles. The van der Waals surface area contributed by atoms with Gasteiger partial charge in [-0.1, -0.05) is 54.6 Å². The summed E-state index contributed by atoms with van der Waals surface area (Å²) in [4.78, 5) is 35.9. The summed E-state index contributed by atoms with van der Waals surface area (Å²) in [6.45, 7) is 0. The molecule has 0 spiro atoms. The van der Waals surface area contributed by atoms with Gasteiger partial charge >= 0.3 is 0 Å². The summed E-state index contributed by atoms with van der Waals surface area (Å²) in [6.07, 6.45) is 0. The minimum atomic E-state index is -1.38. The molecule has 3 rings (SSSR count). The van der Waals surface area contributed by atoms with Crippen molar-refractivity contribution in [3.05, 3.63) is 95.6 Å². The van der Waals surface area contributed by atoms with E-state index in [1.165, 1.54) is 30.0 Å². The summed E-state index contributed by atoms with van der Waals surface area (Å²) in [7, 11) is 0. The maximum Gasteiger partial charge on any atom is 0.255 e. The smallest absolute Gasteiger partial charge is 0.255 e. The average molecular weight is 419 g/mol. The standard InChI is InChI=1S/C23H20N2O4S/c26-21(15-30-14-16-7-2-1-3-8-16)24-18-10-6-9-17(13-18)22(27)25-20-12-5-4-11-19(20)23(28)29/h1-13H,14-15H2,(H,24,26)(H,25,27)(H,28,29)/p-1. The Bertz CT molecular complexity index is 1050. The van der Waals surface area contributed by atoms with Gasteiger partial charge in [0.05, 0.1) is 17.4 Å². The van der Waals surface area contributed by atoms with E-state index in [2.05, 4.69) is 10.6 Å². The van der Waals surface area contributed by atoms with Gasteiger partial charge in [0.2, 0.25) is 5.91 Å². The minimum Gasteiger partial charge on any atom is -0.545 e. The Morgan fingerprint density at radius 1 is 0.833 bits per heavy atom. The molecule has 0 unspecified atom stereocenters. The fraction of sp³-hybridized carbons (Fsp3) is 0.0870. The predicted octanol–water partition coefficient (Wildman–Crippen LogP) is 3.17. The van der Waals surface area contributed by atoms with E-state index in [1.807, 2.05) is 30.3 Å². The molecule has 0 radical (unpaired) electrons. The first kappa shape index (κ1) is 21.1. The van der Waals surface area contributed by atoms with Gasteiger partial charge in [-0.3, -0.25) is 9.59 Å². The van der Waals surface area contributed by atoms with Crippen LogP contribution in [0.15, 0.2) is 78.9 Å². The van der Waals surface area contributed by atoms with Crippen LogP contribution in [0.1, 0.15) is 26.3 Å². The number of carboxylic acids is 1. The minimum absolute atomic E-state index is 0.106. The molecule has 2 amide bonds. The van der Waals surface area contributed by atoms with Gasteiger partial charge in [0, 0.05) is 22.6 Å². The number of carbonyl (C=O) groups excluding carboxylic acids is 3. The molecule has 0 saturated carbocycles. The fourth-order valence-electron chi connectivity index (χ4n) is 2.74. The van der Waals surface area contributed by atoms with Crippen molar-refractivity contribution in [3.63, 3.8) is 0 Å². The first-order chi connectivity index (χ1) is 14.5. The molecule has 6 nitrogen and oxygen atoms in total. The molecule has 152 valence electrons. The maximum absolute atomic E-state index is 12.5. The molecular formula is C23H19N2O4S-. The van der Waals surface area contributed by atoms with Crippen LogP contribution in [0.25, 0.3) is 0 Å². The van der Waals surface area contributed by atoms with Crippen molar-refractivity contribution in [2.45, 2.75) is 5.75 Å². The molecule has 30 heavy (non-hydrogen) atoms. The Labute approximate surface area is 178 Å². The number of hydrogen-bond donors (Lipinski definition) is 2. The lowest BCUT2D eigenvalue weighted by molar-refractivity contribution is -0.254. The molecule has 3 aromatic carbocycles. The Hall–Kier alpha value is -3.58. The van der Waals surface area contributed by atoms with Gasteiger partial charge in [-0.15, -0.1) is 11.8 Å². The highest BCUT2D eigenvalue weighted by molar-refractivity contribution is 7.99. The number of carboxylic acid groups (broad SMARTS) is 1.